The van der Waals surface area contributed by atoms with Gasteiger partial charge in [0.2, 0.25) is 0 Å². The Hall–Kier alpha value is -4.43. The normalized spacial score (nSPS) is 11.2. The number of nitrogens with zero attached hydrogens (tertiary/aromatic N) is 2. The van der Waals surface area contributed by atoms with Crippen molar-refractivity contribution in [3.8, 4) is 5.75 Å². The van der Waals surface area contributed by atoms with Crippen LogP contribution in [-0.2, 0) is 16.6 Å². The minimum absolute atomic E-state index is 0.191. The maximum absolute atomic E-state index is 12.8. The summed E-state index contributed by atoms with van der Waals surface area (Å²) in [5.41, 5.74) is 5.04. The number of rotatable bonds is 9. The molecular formula is C28H25N3O4S. The van der Waals surface area contributed by atoms with E-state index in [1.54, 1.807) is 42.5 Å². The van der Waals surface area contributed by atoms with Gasteiger partial charge in [0.25, 0.3) is 15.9 Å². The van der Waals surface area contributed by atoms with Crippen LogP contribution in [0.3, 0.4) is 0 Å². The molecule has 7 nitrogen and oxygen atoms in total. The van der Waals surface area contributed by atoms with Crippen LogP contribution >= 0.6 is 0 Å². The van der Waals surface area contributed by atoms with Crippen molar-refractivity contribution in [1.29, 1.82) is 0 Å². The summed E-state index contributed by atoms with van der Waals surface area (Å²) in [6.07, 6.45) is 1.52. The number of sulfonamides is 1. The molecule has 1 N–H and O–H groups in total. The second-order valence-corrected chi connectivity index (χ2v) is 9.81. The molecule has 36 heavy (non-hydrogen) atoms. The van der Waals surface area contributed by atoms with Crippen molar-refractivity contribution in [2.75, 3.05) is 11.4 Å². The molecular weight excluding hydrogens is 474 g/mol. The summed E-state index contributed by atoms with van der Waals surface area (Å²) in [6, 6.07) is 31.6. The van der Waals surface area contributed by atoms with E-state index in [1.807, 2.05) is 54.6 Å². The zero-order chi connectivity index (χ0) is 25.4. The topological polar surface area (TPSA) is 88.1 Å². The van der Waals surface area contributed by atoms with Gasteiger partial charge in [-0.2, -0.15) is 5.10 Å². The lowest BCUT2D eigenvalue weighted by atomic mass is 10.2. The minimum atomic E-state index is -3.70. The summed E-state index contributed by atoms with van der Waals surface area (Å²) in [5, 5.41) is 4.06. The maximum Gasteiger partial charge on any atom is 0.271 e. The van der Waals surface area contributed by atoms with Gasteiger partial charge < -0.3 is 4.74 Å². The van der Waals surface area contributed by atoms with E-state index in [1.165, 1.54) is 29.7 Å². The number of amides is 1. The number of carbonyl (C=O) groups excluding carboxylic acids is 1. The van der Waals surface area contributed by atoms with Gasteiger partial charge in [-0.1, -0.05) is 60.7 Å². The van der Waals surface area contributed by atoms with Gasteiger partial charge >= 0.3 is 0 Å². The number of ether oxygens (including phenoxy) is 1. The highest BCUT2D eigenvalue weighted by atomic mass is 32.2. The standard InChI is InChI=1S/C28H25N3O4S/c1-31(36(33,34)26-13-6-3-7-14-26)25-18-16-23(17-19-25)28(32)30-29-20-24-12-8-9-15-27(24)35-21-22-10-4-2-5-11-22/h2-20H,21H2,1H3,(H,30,32)/b29-20-. The van der Waals surface area contributed by atoms with Crippen molar-refractivity contribution in [2.45, 2.75) is 11.5 Å². The van der Waals surface area contributed by atoms with Crippen molar-refractivity contribution in [3.05, 3.63) is 126 Å². The van der Waals surface area contributed by atoms with Gasteiger partial charge in [-0.3, -0.25) is 9.10 Å². The lowest BCUT2D eigenvalue weighted by molar-refractivity contribution is 0.0955. The average Bonchev–Trinajstić information content (AvgIpc) is 2.93. The Morgan fingerprint density at radius 1 is 0.861 bits per heavy atom. The fourth-order valence-electron chi connectivity index (χ4n) is 3.39. The largest absolute Gasteiger partial charge is 0.488 e. The van der Waals surface area contributed by atoms with E-state index in [-0.39, 0.29) is 4.90 Å². The van der Waals surface area contributed by atoms with Crippen LogP contribution in [0.1, 0.15) is 21.5 Å². The van der Waals surface area contributed by atoms with Crippen molar-refractivity contribution in [1.82, 2.24) is 5.43 Å². The van der Waals surface area contributed by atoms with Crippen LogP contribution in [0.5, 0.6) is 5.75 Å². The van der Waals surface area contributed by atoms with Gasteiger partial charge in [0.15, 0.2) is 0 Å². The quantitative estimate of drug-likeness (QED) is 0.263. The molecule has 0 unspecified atom stereocenters. The third-order valence-corrected chi connectivity index (χ3v) is 7.22. The molecule has 0 aromatic heterocycles. The fraction of sp³-hybridized carbons (Fsp3) is 0.0714. The number of nitrogens with one attached hydrogen (secondary N) is 1. The molecule has 0 aliphatic carbocycles. The molecule has 0 aliphatic rings. The zero-order valence-electron chi connectivity index (χ0n) is 19.6. The molecule has 4 aromatic rings. The highest BCUT2D eigenvalue weighted by Gasteiger charge is 2.21. The lowest BCUT2D eigenvalue weighted by Crippen LogP contribution is -2.26. The van der Waals surface area contributed by atoms with E-state index < -0.39 is 15.9 Å². The highest BCUT2D eigenvalue weighted by Crippen LogP contribution is 2.22. The highest BCUT2D eigenvalue weighted by molar-refractivity contribution is 7.92. The third kappa shape index (κ3) is 5.97. The third-order valence-electron chi connectivity index (χ3n) is 5.42. The second kappa shape index (κ2) is 11.3. The molecule has 0 aliphatic heterocycles. The fourth-order valence-corrected chi connectivity index (χ4v) is 4.61. The Morgan fingerprint density at radius 3 is 2.17 bits per heavy atom. The van der Waals surface area contributed by atoms with E-state index in [0.29, 0.717) is 23.6 Å². The SMILES string of the molecule is CN(c1ccc(C(=O)N/N=C\c2ccccc2OCc2ccccc2)cc1)S(=O)(=O)c1ccccc1. The van der Waals surface area contributed by atoms with Crippen molar-refractivity contribution in [3.63, 3.8) is 0 Å². The predicted molar refractivity (Wildman–Crippen MR) is 141 cm³/mol. The summed E-state index contributed by atoms with van der Waals surface area (Å²) in [5.74, 6) is 0.223. The number of para-hydroxylation sites is 1. The van der Waals surface area contributed by atoms with Crippen LogP contribution in [0.4, 0.5) is 5.69 Å². The van der Waals surface area contributed by atoms with Crippen molar-refractivity contribution < 1.29 is 17.9 Å². The molecule has 0 atom stereocenters. The van der Waals surface area contributed by atoms with E-state index in [9.17, 15) is 13.2 Å². The zero-order valence-corrected chi connectivity index (χ0v) is 20.4. The molecule has 0 fully saturated rings. The summed E-state index contributed by atoms with van der Waals surface area (Å²) >= 11 is 0. The monoisotopic (exact) mass is 499 g/mol. The Balaban J connectivity index is 1.38. The van der Waals surface area contributed by atoms with Gasteiger partial charge in [0, 0.05) is 18.2 Å². The first-order chi connectivity index (χ1) is 17.4. The van der Waals surface area contributed by atoms with Crippen LogP contribution in [0.25, 0.3) is 0 Å². The van der Waals surface area contributed by atoms with Gasteiger partial charge in [-0.05, 0) is 54.1 Å². The first-order valence-electron chi connectivity index (χ1n) is 11.2. The van der Waals surface area contributed by atoms with Gasteiger partial charge in [-0.25, -0.2) is 13.8 Å². The first-order valence-corrected chi connectivity index (χ1v) is 12.6. The maximum atomic E-state index is 12.8. The van der Waals surface area contributed by atoms with Gasteiger partial charge in [0.05, 0.1) is 16.8 Å². The van der Waals surface area contributed by atoms with Crippen LogP contribution < -0.4 is 14.5 Å². The van der Waals surface area contributed by atoms with Crippen molar-refractivity contribution in [2.24, 2.45) is 5.10 Å². The Morgan fingerprint density at radius 2 is 1.47 bits per heavy atom. The predicted octanol–water partition coefficient (Wildman–Crippen LogP) is 4.85. The number of anilines is 1. The van der Waals surface area contributed by atoms with Crippen LogP contribution in [0.2, 0.25) is 0 Å². The number of hydrazone groups is 1. The second-order valence-electron chi connectivity index (χ2n) is 7.84. The van der Waals surface area contributed by atoms with Gasteiger partial charge in [0.1, 0.15) is 12.4 Å². The Kier molecular flexibility index (Phi) is 7.77. The van der Waals surface area contributed by atoms with Crippen LogP contribution in [-0.4, -0.2) is 27.6 Å². The molecule has 0 saturated carbocycles. The van der Waals surface area contributed by atoms with E-state index in [2.05, 4.69) is 10.5 Å². The van der Waals surface area contributed by atoms with E-state index in [4.69, 9.17) is 4.74 Å². The van der Waals surface area contributed by atoms with Crippen LogP contribution in [0.15, 0.2) is 119 Å². The molecule has 0 saturated heterocycles. The summed E-state index contributed by atoms with van der Waals surface area (Å²) in [7, 11) is -2.23. The number of benzene rings is 4. The van der Waals surface area contributed by atoms with E-state index >= 15 is 0 Å². The molecule has 0 bridgehead atoms. The summed E-state index contributed by atoms with van der Waals surface area (Å²) < 4.78 is 32.7. The molecule has 0 spiro atoms. The average molecular weight is 500 g/mol. The molecule has 0 heterocycles. The molecule has 4 aromatic carbocycles. The Bertz CT molecular complexity index is 1440. The number of hydrogen-bond donors (Lipinski definition) is 1. The summed E-state index contributed by atoms with van der Waals surface area (Å²) in [6.45, 7) is 0.416. The summed E-state index contributed by atoms with van der Waals surface area (Å²) in [4.78, 5) is 12.7. The molecule has 182 valence electrons. The molecule has 8 heteroatoms. The van der Waals surface area contributed by atoms with E-state index in [0.717, 1.165) is 11.1 Å². The van der Waals surface area contributed by atoms with Gasteiger partial charge in [-0.15, -0.1) is 0 Å². The molecule has 0 radical (unpaired) electrons. The molecule has 4 rings (SSSR count). The van der Waals surface area contributed by atoms with Crippen LogP contribution in [0, 0.1) is 0 Å². The lowest BCUT2D eigenvalue weighted by Gasteiger charge is -2.19. The Labute approximate surface area is 210 Å². The van der Waals surface area contributed by atoms with Crippen molar-refractivity contribution >= 4 is 27.8 Å². The molecule has 1 amide bonds. The minimum Gasteiger partial charge on any atom is -0.488 e. The first kappa shape index (κ1) is 24.7. The smallest absolute Gasteiger partial charge is 0.271 e. The number of carbonyl (C=O) groups is 1. The number of hydrogen-bond acceptors (Lipinski definition) is 5.